The molecule has 0 aliphatic heterocycles. The predicted molar refractivity (Wildman–Crippen MR) is 58.4 cm³/mol. The van der Waals surface area contributed by atoms with Crippen molar-refractivity contribution in [3.05, 3.63) is 22.4 Å². The number of carbonyl (C=O) groups excluding carboxylic acids is 1. The number of hydrogen-bond donors (Lipinski definition) is 2. The molecule has 0 saturated carbocycles. The Morgan fingerprint density at radius 3 is 2.86 bits per heavy atom. The van der Waals surface area contributed by atoms with Crippen molar-refractivity contribution in [2.45, 2.75) is 19.1 Å². The molecule has 0 amide bonds. The average Bonchev–Trinajstić information content (AvgIpc) is 2.65. The molecule has 0 fully saturated rings. The second-order valence-electron chi connectivity index (χ2n) is 2.83. The van der Waals surface area contributed by atoms with Crippen LogP contribution in [0.15, 0.2) is 17.5 Å². The molecule has 2 unspecified atom stereocenters. The molecule has 0 saturated heterocycles. The zero-order valence-electron chi connectivity index (χ0n) is 7.71. The van der Waals surface area contributed by atoms with Crippen LogP contribution >= 0.6 is 23.1 Å². The molecule has 14 heavy (non-hydrogen) atoms. The van der Waals surface area contributed by atoms with E-state index in [-0.39, 0.29) is 10.9 Å². The first-order valence-corrected chi connectivity index (χ1v) is 6.00. The van der Waals surface area contributed by atoms with Crippen LogP contribution in [0.2, 0.25) is 0 Å². The molecule has 0 aliphatic rings. The van der Waals surface area contributed by atoms with Gasteiger partial charge in [0, 0.05) is 17.6 Å². The van der Waals surface area contributed by atoms with Gasteiger partial charge >= 0.3 is 0 Å². The number of rotatable bonds is 4. The summed E-state index contributed by atoms with van der Waals surface area (Å²) in [4.78, 5) is 11.4. The van der Waals surface area contributed by atoms with Gasteiger partial charge in [-0.05, 0) is 11.4 Å². The maximum absolute atomic E-state index is 10.6. The highest BCUT2D eigenvalue weighted by atomic mass is 32.2. The summed E-state index contributed by atoms with van der Waals surface area (Å²) in [6.07, 6.45) is -1.77. The fraction of sp³-hybridized carbons (Fsp3) is 0.444. The first kappa shape index (κ1) is 11.7. The van der Waals surface area contributed by atoms with Crippen molar-refractivity contribution in [3.63, 3.8) is 0 Å². The summed E-state index contributed by atoms with van der Waals surface area (Å²) in [5.41, 5.74) is 0. The van der Waals surface area contributed by atoms with Crippen LogP contribution in [0.3, 0.4) is 0 Å². The summed E-state index contributed by atoms with van der Waals surface area (Å²) in [6, 6.07) is 3.57. The number of carbonyl (C=O) groups is 1. The number of aliphatic hydroxyl groups excluding tert-OH is 2. The lowest BCUT2D eigenvalue weighted by atomic mass is 10.2. The van der Waals surface area contributed by atoms with E-state index in [0.29, 0.717) is 0 Å². The highest BCUT2D eigenvalue weighted by molar-refractivity contribution is 8.13. The van der Waals surface area contributed by atoms with E-state index >= 15 is 0 Å². The van der Waals surface area contributed by atoms with E-state index in [2.05, 4.69) is 0 Å². The van der Waals surface area contributed by atoms with E-state index in [1.165, 1.54) is 18.3 Å². The van der Waals surface area contributed by atoms with Gasteiger partial charge in [0.25, 0.3) is 0 Å². The quantitative estimate of drug-likeness (QED) is 0.824. The summed E-state index contributed by atoms with van der Waals surface area (Å²) < 4.78 is 0. The van der Waals surface area contributed by atoms with Crippen molar-refractivity contribution in [1.82, 2.24) is 0 Å². The minimum absolute atomic E-state index is 0.0533. The first-order valence-electron chi connectivity index (χ1n) is 4.14. The second-order valence-corrected chi connectivity index (χ2v) is 5.01. The molecular formula is C9H12O3S2. The molecule has 2 atom stereocenters. The molecule has 5 heteroatoms. The summed E-state index contributed by atoms with van der Waals surface area (Å²) in [5, 5.41) is 20.9. The third-order valence-electron chi connectivity index (χ3n) is 1.66. The zero-order valence-corrected chi connectivity index (χ0v) is 9.35. The van der Waals surface area contributed by atoms with Gasteiger partial charge in [-0.1, -0.05) is 17.8 Å². The molecule has 1 heterocycles. The molecule has 78 valence electrons. The van der Waals surface area contributed by atoms with Gasteiger partial charge in [0.05, 0.1) is 6.10 Å². The van der Waals surface area contributed by atoms with Gasteiger partial charge in [-0.15, -0.1) is 11.3 Å². The van der Waals surface area contributed by atoms with Gasteiger partial charge in [-0.25, -0.2) is 0 Å². The van der Waals surface area contributed by atoms with E-state index in [9.17, 15) is 15.0 Å². The first-order chi connectivity index (χ1) is 6.61. The van der Waals surface area contributed by atoms with Crippen LogP contribution in [-0.2, 0) is 4.79 Å². The number of thioether (sulfide) groups is 1. The molecule has 2 N–H and O–H groups in total. The van der Waals surface area contributed by atoms with Gasteiger partial charge in [0.15, 0.2) is 5.12 Å². The topological polar surface area (TPSA) is 57.5 Å². The normalized spacial score (nSPS) is 15.1. The Morgan fingerprint density at radius 1 is 1.64 bits per heavy atom. The number of hydrogen-bond acceptors (Lipinski definition) is 5. The van der Waals surface area contributed by atoms with Crippen LogP contribution < -0.4 is 0 Å². The predicted octanol–water partition coefficient (Wildman–Crippen LogP) is 1.42. The Morgan fingerprint density at radius 2 is 2.36 bits per heavy atom. The van der Waals surface area contributed by atoms with Crippen molar-refractivity contribution >= 4 is 28.2 Å². The van der Waals surface area contributed by atoms with Crippen molar-refractivity contribution in [3.8, 4) is 0 Å². The van der Waals surface area contributed by atoms with Crippen molar-refractivity contribution in [2.24, 2.45) is 0 Å². The standard InChI is InChI=1S/C9H12O3S2/c1-6(10)14-5-7(11)9(12)8-3-2-4-13-8/h2-4,7,9,11-12H,5H2,1H3. The Hall–Kier alpha value is -0.360. The Labute approximate surface area is 90.8 Å². The molecule has 1 aromatic heterocycles. The van der Waals surface area contributed by atoms with Gasteiger partial charge in [-0.2, -0.15) is 0 Å². The van der Waals surface area contributed by atoms with Crippen molar-refractivity contribution in [2.75, 3.05) is 5.75 Å². The molecule has 0 aliphatic carbocycles. The largest absolute Gasteiger partial charge is 0.389 e. The molecule has 1 rings (SSSR count). The molecular weight excluding hydrogens is 220 g/mol. The minimum atomic E-state index is -0.887. The highest BCUT2D eigenvalue weighted by Gasteiger charge is 2.19. The SMILES string of the molecule is CC(=O)SCC(O)C(O)c1cccs1. The van der Waals surface area contributed by atoms with Crippen molar-refractivity contribution < 1.29 is 15.0 Å². The number of aliphatic hydroxyl groups is 2. The highest BCUT2D eigenvalue weighted by Crippen LogP contribution is 2.23. The maximum Gasteiger partial charge on any atom is 0.185 e. The molecule has 0 bridgehead atoms. The third kappa shape index (κ3) is 3.42. The molecule has 0 aromatic carbocycles. The fourth-order valence-electron chi connectivity index (χ4n) is 0.943. The summed E-state index contributed by atoms with van der Waals surface area (Å²) in [5.74, 6) is 0.231. The van der Waals surface area contributed by atoms with Crippen LogP contribution in [0.5, 0.6) is 0 Å². The van der Waals surface area contributed by atoms with Gasteiger partial charge in [0.1, 0.15) is 6.10 Å². The summed E-state index contributed by atoms with van der Waals surface area (Å²) in [6.45, 7) is 1.44. The molecule has 3 nitrogen and oxygen atoms in total. The lowest BCUT2D eigenvalue weighted by molar-refractivity contribution is -0.109. The zero-order chi connectivity index (χ0) is 10.6. The second kappa shape index (κ2) is 5.50. The van der Waals surface area contributed by atoms with E-state index in [1.54, 1.807) is 6.07 Å². The molecule has 1 aromatic rings. The fourth-order valence-corrected chi connectivity index (χ4v) is 2.30. The average molecular weight is 232 g/mol. The van der Waals surface area contributed by atoms with Crippen LogP contribution in [0.4, 0.5) is 0 Å². The Bertz CT molecular complexity index is 284. The summed E-state index contributed by atoms with van der Waals surface area (Å²) >= 11 is 2.41. The van der Waals surface area contributed by atoms with E-state index < -0.39 is 12.2 Å². The lowest BCUT2D eigenvalue weighted by Crippen LogP contribution is -2.20. The van der Waals surface area contributed by atoms with Gasteiger partial charge in [-0.3, -0.25) is 4.79 Å². The van der Waals surface area contributed by atoms with E-state index in [4.69, 9.17) is 0 Å². The Kier molecular flexibility index (Phi) is 4.60. The summed E-state index contributed by atoms with van der Waals surface area (Å²) in [7, 11) is 0. The van der Waals surface area contributed by atoms with Crippen LogP contribution in [-0.4, -0.2) is 27.2 Å². The minimum Gasteiger partial charge on any atom is -0.389 e. The van der Waals surface area contributed by atoms with E-state index in [0.717, 1.165) is 16.6 Å². The lowest BCUT2D eigenvalue weighted by Gasteiger charge is -2.15. The van der Waals surface area contributed by atoms with Gasteiger partial charge < -0.3 is 10.2 Å². The third-order valence-corrected chi connectivity index (χ3v) is 3.51. The van der Waals surface area contributed by atoms with Crippen molar-refractivity contribution in [1.29, 1.82) is 0 Å². The molecule has 0 radical (unpaired) electrons. The number of thiophene rings is 1. The molecule has 0 spiro atoms. The smallest absolute Gasteiger partial charge is 0.185 e. The van der Waals surface area contributed by atoms with Crippen LogP contribution in [0, 0.1) is 0 Å². The maximum atomic E-state index is 10.6. The Balaban J connectivity index is 2.44. The monoisotopic (exact) mass is 232 g/mol. The van der Waals surface area contributed by atoms with Crippen LogP contribution in [0.25, 0.3) is 0 Å². The van der Waals surface area contributed by atoms with Gasteiger partial charge in [0.2, 0.25) is 0 Å². The van der Waals surface area contributed by atoms with Crippen LogP contribution in [0.1, 0.15) is 17.9 Å². The van der Waals surface area contributed by atoms with E-state index in [1.807, 2.05) is 11.4 Å².